The number of fused-ring (bicyclic) bond motifs is 4. The largest absolute Gasteiger partial charge is 0.317 e. The van der Waals surface area contributed by atoms with Crippen LogP contribution >= 0.6 is 0 Å². The summed E-state index contributed by atoms with van der Waals surface area (Å²) in [6.45, 7) is 0. The summed E-state index contributed by atoms with van der Waals surface area (Å²) in [5.74, 6) is 1.93. The molecule has 0 amide bonds. The average Bonchev–Trinajstić information content (AvgIpc) is 3.53. The molecule has 0 spiro atoms. The molecule has 0 atom stereocenters. The second kappa shape index (κ2) is 11.4. The van der Waals surface area contributed by atoms with Crippen LogP contribution in [0.5, 0.6) is 0 Å². The zero-order valence-corrected chi connectivity index (χ0v) is 27.0. The van der Waals surface area contributed by atoms with Gasteiger partial charge in [-0.25, -0.2) is 15.0 Å². The van der Waals surface area contributed by atoms with Crippen molar-refractivity contribution in [2.24, 2.45) is 0 Å². The third kappa shape index (κ3) is 4.52. The van der Waals surface area contributed by atoms with Crippen LogP contribution in [0, 0.1) is 0 Å². The van der Waals surface area contributed by atoms with Gasteiger partial charge in [0, 0.05) is 50.4 Å². The molecular weight excluding hydrogens is 611 g/mol. The third-order valence-electron chi connectivity index (χ3n) is 9.56. The Bertz CT molecular complexity index is 2690. The van der Waals surface area contributed by atoms with Gasteiger partial charge in [-0.15, -0.1) is 0 Å². The zero-order chi connectivity index (χ0) is 33.0. The normalized spacial score (nSPS) is 12.3. The zero-order valence-electron chi connectivity index (χ0n) is 27.0. The van der Waals surface area contributed by atoms with Crippen molar-refractivity contribution in [3.63, 3.8) is 0 Å². The van der Waals surface area contributed by atoms with Gasteiger partial charge in [0.25, 0.3) is 0 Å². The van der Waals surface area contributed by atoms with Gasteiger partial charge in [0.15, 0.2) is 17.5 Å². The highest BCUT2D eigenvalue weighted by Crippen LogP contribution is 2.45. The Morgan fingerprint density at radius 1 is 0.420 bits per heavy atom. The Balaban J connectivity index is 1.19. The average molecular weight is 640 g/mol. The summed E-state index contributed by atoms with van der Waals surface area (Å²) in [5.41, 5.74) is 9.75. The molecule has 0 radical (unpaired) electrons. The monoisotopic (exact) mass is 639 g/mol. The van der Waals surface area contributed by atoms with Gasteiger partial charge in [0.05, 0.1) is 16.7 Å². The molecule has 7 aromatic carbocycles. The van der Waals surface area contributed by atoms with Gasteiger partial charge in [-0.05, 0) is 59.5 Å². The van der Waals surface area contributed by atoms with E-state index in [1.165, 1.54) is 32.8 Å². The highest BCUT2D eigenvalue weighted by molar-refractivity contribution is 6.22. The quantitative estimate of drug-likeness (QED) is 0.188. The van der Waals surface area contributed by atoms with E-state index >= 15 is 0 Å². The molecule has 234 valence electrons. The molecule has 9 aromatic rings. The molecule has 1 aliphatic rings. The topological polar surface area (TPSA) is 46.8 Å². The molecular formula is C45H29N5. The molecule has 5 heteroatoms. The number of aromatic nitrogens is 4. The maximum atomic E-state index is 5.02. The van der Waals surface area contributed by atoms with Gasteiger partial charge in [0.1, 0.15) is 0 Å². The molecule has 50 heavy (non-hydrogen) atoms. The van der Waals surface area contributed by atoms with Gasteiger partial charge in [-0.2, -0.15) is 0 Å². The van der Waals surface area contributed by atoms with Crippen LogP contribution in [0.4, 0.5) is 11.4 Å². The molecule has 3 heterocycles. The summed E-state index contributed by atoms with van der Waals surface area (Å²) in [5, 5.41) is 4.92. The lowest BCUT2D eigenvalue weighted by atomic mass is 9.94. The minimum Gasteiger partial charge on any atom is -0.317 e. The summed E-state index contributed by atoms with van der Waals surface area (Å²) >= 11 is 0. The molecule has 2 aromatic heterocycles. The molecule has 0 saturated carbocycles. The fraction of sp³-hybridized carbons (Fsp3) is 0. The second-order valence-corrected chi connectivity index (χ2v) is 12.5. The molecule has 0 fully saturated rings. The number of hydrogen-bond donors (Lipinski definition) is 0. The highest BCUT2D eigenvalue weighted by Gasteiger charge is 2.23. The highest BCUT2D eigenvalue weighted by atomic mass is 15.1. The van der Waals surface area contributed by atoms with E-state index in [-0.39, 0.29) is 0 Å². The van der Waals surface area contributed by atoms with E-state index in [0.29, 0.717) is 17.5 Å². The second-order valence-electron chi connectivity index (χ2n) is 12.5. The van der Waals surface area contributed by atoms with Crippen LogP contribution in [-0.2, 0) is 0 Å². The first-order valence-corrected chi connectivity index (χ1v) is 16.8. The van der Waals surface area contributed by atoms with Crippen LogP contribution in [-0.4, -0.2) is 19.5 Å². The van der Waals surface area contributed by atoms with Crippen LogP contribution in [0.2, 0.25) is 0 Å². The fourth-order valence-electron chi connectivity index (χ4n) is 7.33. The van der Waals surface area contributed by atoms with Gasteiger partial charge in [-0.1, -0.05) is 121 Å². The number of rotatable bonds is 5. The number of benzene rings is 7. The first-order chi connectivity index (χ1) is 24.8. The van der Waals surface area contributed by atoms with Crippen LogP contribution in [0.1, 0.15) is 5.56 Å². The van der Waals surface area contributed by atoms with Crippen molar-refractivity contribution in [3.8, 4) is 39.9 Å². The van der Waals surface area contributed by atoms with E-state index in [2.05, 4.69) is 125 Å². The molecule has 0 aliphatic carbocycles. The molecule has 0 saturated heterocycles. The Morgan fingerprint density at radius 2 is 1.00 bits per heavy atom. The Morgan fingerprint density at radius 3 is 1.72 bits per heavy atom. The summed E-state index contributed by atoms with van der Waals surface area (Å²) < 4.78 is 2.38. The van der Waals surface area contributed by atoms with Gasteiger partial charge < -0.3 is 9.47 Å². The standard InChI is InChI=1S/C45H29N5/c1-4-14-30(15-5-1)43-46-44(31-16-6-2-7-17-31)48-45(47-43)33-19-12-22-35(28-33)50-38-24-11-10-23-36(38)42-37-26-27-49(34-20-8-3-9-21-34)39-25-13-18-32(41(37)39)29-40(42)50/h1-29H. The Kier molecular flexibility index (Phi) is 6.42. The summed E-state index contributed by atoms with van der Waals surface area (Å²) in [6.07, 6.45) is 4.48. The summed E-state index contributed by atoms with van der Waals surface area (Å²) in [7, 11) is 0. The van der Waals surface area contributed by atoms with Crippen molar-refractivity contribution in [3.05, 3.63) is 176 Å². The number of hydrogen-bond acceptors (Lipinski definition) is 4. The van der Waals surface area contributed by atoms with Crippen LogP contribution < -0.4 is 4.90 Å². The van der Waals surface area contributed by atoms with E-state index in [4.69, 9.17) is 15.0 Å². The van der Waals surface area contributed by atoms with E-state index in [1.807, 2.05) is 60.7 Å². The predicted octanol–water partition coefficient (Wildman–Crippen LogP) is 11.2. The van der Waals surface area contributed by atoms with Crippen molar-refractivity contribution < 1.29 is 0 Å². The van der Waals surface area contributed by atoms with E-state index in [1.54, 1.807) is 0 Å². The smallest absolute Gasteiger partial charge is 0.164 e. The fourth-order valence-corrected chi connectivity index (χ4v) is 7.33. The molecule has 0 bridgehead atoms. The number of nitrogens with zero attached hydrogens (tertiary/aromatic N) is 5. The van der Waals surface area contributed by atoms with Gasteiger partial charge >= 0.3 is 0 Å². The number of anilines is 2. The Labute approximate surface area is 289 Å². The maximum Gasteiger partial charge on any atom is 0.164 e. The first-order valence-electron chi connectivity index (χ1n) is 16.8. The Hall–Kier alpha value is -6.85. The van der Waals surface area contributed by atoms with E-state index in [9.17, 15) is 0 Å². The van der Waals surface area contributed by atoms with Crippen molar-refractivity contribution in [1.82, 2.24) is 19.5 Å². The molecule has 5 nitrogen and oxygen atoms in total. The lowest BCUT2D eigenvalue weighted by molar-refractivity contribution is 1.07. The lowest BCUT2D eigenvalue weighted by Crippen LogP contribution is -2.11. The minimum atomic E-state index is 0.634. The number of para-hydroxylation sites is 2. The minimum absolute atomic E-state index is 0.634. The van der Waals surface area contributed by atoms with Gasteiger partial charge in [-0.3, -0.25) is 0 Å². The molecule has 1 aliphatic heterocycles. The van der Waals surface area contributed by atoms with E-state index in [0.717, 1.165) is 39.1 Å². The third-order valence-corrected chi connectivity index (χ3v) is 9.56. The van der Waals surface area contributed by atoms with Crippen LogP contribution in [0.3, 0.4) is 0 Å². The maximum absolute atomic E-state index is 5.02. The summed E-state index contributed by atoms with van der Waals surface area (Å²) in [6, 6.07) is 57.0. The predicted molar refractivity (Wildman–Crippen MR) is 206 cm³/mol. The van der Waals surface area contributed by atoms with Crippen LogP contribution in [0.25, 0.3) is 78.5 Å². The van der Waals surface area contributed by atoms with E-state index < -0.39 is 0 Å². The van der Waals surface area contributed by atoms with Crippen molar-refractivity contribution in [2.75, 3.05) is 4.90 Å². The van der Waals surface area contributed by atoms with Gasteiger partial charge in [0.2, 0.25) is 0 Å². The first kappa shape index (κ1) is 28.2. The lowest BCUT2D eigenvalue weighted by Gasteiger charge is -2.27. The molecule has 0 unspecified atom stereocenters. The molecule has 10 rings (SSSR count). The van der Waals surface area contributed by atoms with Crippen molar-refractivity contribution in [2.45, 2.75) is 0 Å². The van der Waals surface area contributed by atoms with Crippen LogP contribution in [0.15, 0.2) is 170 Å². The summed E-state index contributed by atoms with van der Waals surface area (Å²) in [4.78, 5) is 17.2. The SMILES string of the molecule is C1=CN(c2ccccc2)c2cccc3cc4c(c1c23)c1ccccc1n4-c1cccc(-c2nc(-c3ccccc3)nc(-c3ccccc3)n2)c1. The van der Waals surface area contributed by atoms with Crippen molar-refractivity contribution in [1.29, 1.82) is 0 Å². The molecule has 0 N–H and O–H groups in total. The van der Waals surface area contributed by atoms with Crippen molar-refractivity contribution >= 4 is 50.0 Å².